The minimum atomic E-state index is -1.56. The smallest absolute Gasteiger partial charge is 0.326 e. The molecule has 0 heterocycles. The van der Waals surface area contributed by atoms with E-state index in [2.05, 4.69) is 16.0 Å². The van der Waals surface area contributed by atoms with Gasteiger partial charge in [-0.15, -0.1) is 0 Å². The molecular weight excluding hydrogens is 424 g/mol. The van der Waals surface area contributed by atoms with Crippen molar-refractivity contribution in [1.82, 2.24) is 16.0 Å². The second-order valence-corrected chi connectivity index (χ2v) is 7.14. The first-order valence-corrected chi connectivity index (χ1v) is 10.2. The molecule has 0 bridgehead atoms. The molecule has 3 amide bonds. The van der Waals surface area contributed by atoms with Crippen molar-refractivity contribution in [3.05, 3.63) is 0 Å². The first kappa shape index (κ1) is 27.1. The third-order valence-electron chi connectivity index (χ3n) is 3.68. The van der Waals surface area contributed by atoms with Crippen molar-refractivity contribution in [2.75, 3.05) is 18.6 Å². The fraction of sp³-hybridized carbons (Fsp3) is 0.625. The predicted octanol–water partition coefficient (Wildman–Crippen LogP) is -2.42. The van der Waals surface area contributed by atoms with Crippen LogP contribution in [0.15, 0.2) is 0 Å². The summed E-state index contributed by atoms with van der Waals surface area (Å²) in [5.74, 6) is -6.08. The second kappa shape index (κ2) is 14.2. The highest BCUT2D eigenvalue weighted by molar-refractivity contribution is 7.98. The lowest BCUT2D eigenvalue weighted by Gasteiger charge is -2.19. The number of hydrogen-bond donors (Lipinski definition) is 7. The number of nitrogens with one attached hydrogen (secondary N) is 3. The number of carboxylic acid groups (broad SMARTS) is 3. The fourth-order valence-electron chi connectivity index (χ4n) is 2.10. The molecule has 170 valence electrons. The Morgan fingerprint density at radius 3 is 2.03 bits per heavy atom. The topological polar surface area (TPSA) is 225 Å². The van der Waals surface area contributed by atoms with Crippen LogP contribution in [0.3, 0.4) is 0 Å². The third-order valence-corrected chi connectivity index (χ3v) is 4.33. The van der Waals surface area contributed by atoms with Crippen LogP contribution in [0.25, 0.3) is 0 Å². The molecule has 0 aromatic heterocycles. The van der Waals surface area contributed by atoms with Crippen molar-refractivity contribution in [3.8, 4) is 0 Å². The summed E-state index contributed by atoms with van der Waals surface area (Å²) in [5, 5.41) is 33.0. The largest absolute Gasteiger partial charge is 0.481 e. The summed E-state index contributed by atoms with van der Waals surface area (Å²) in [6.07, 6.45) is 0.507. The summed E-state index contributed by atoms with van der Waals surface area (Å²) in [4.78, 5) is 68.6. The van der Waals surface area contributed by atoms with Crippen molar-refractivity contribution >= 4 is 47.4 Å². The Kier molecular flexibility index (Phi) is 12.8. The van der Waals surface area contributed by atoms with Gasteiger partial charge in [-0.3, -0.25) is 24.0 Å². The first-order valence-electron chi connectivity index (χ1n) is 8.76. The molecule has 0 aliphatic heterocycles. The number of carboxylic acids is 3. The maximum Gasteiger partial charge on any atom is 0.326 e. The third kappa shape index (κ3) is 11.9. The van der Waals surface area contributed by atoms with Crippen LogP contribution in [0.5, 0.6) is 0 Å². The molecule has 8 N–H and O–H groups in total. The summed E-state index contributed by atoms with van der Waals surface area (Å²) in [6.45, 7) is -0.640. The van der Waals surface area contributed by atoms with Gasteiger partial charge in [-0.1, -0.05) is 0 Å². The molecule has 0 saturated carbocycles. The lowest BCUT2D eigenvalue weighted by molar-refractivity contribution is -0.142. The molecule has 0 rings (SSSR count). The van der Waals surface area contributed by atoms with E-state index in [0.29, 0.717) is 5.75 Å². The SMILES string of the molecule is CSCCC(NC(=O)CNC(=O)C(CC(=O)O)NC(=O)C(N)CCC(=O)O)C(=O)O. The molecule has 13 nitrogen and oxygen atoms in total. The van der Waals surface area contributed by atoms with Gasteiger partial charge >= 0.3 is 17.9 Å². The molecule has 0 radical (unpaired) electrons. The average molecular weight is 450 g/mol. The van der Waals surface area contributed by atoms with Crippen molar-refractivity contribution < 1.29 is 44.1 Å². The minimum Gasteiger partial charge on any atom is -0.481 e. The Morgan fingerprint density at radius 2 is 1.53 bits per heavy atom. The lowest BCUT2D eigenvalue weighted by Crippen LogP contribution is -2.54. The van der Waals surface area contributed by atoms with Crippen molar-refractivity contribution in [2.45, 2.75) is 43.8 Å². The van der Waals surface area contributed by atoms with Gasteiger partial charge in [-0.25, -0.2) is 4.79 Å². The Balaban J connectivity index is 4.81. The standard InChI is InChI=1S/C16H26N4O9S/c1-30-5-4-9(16(28)29)19-11(21)7-18-15(27)10(6-13(24)25)20-14(26)8(17)2-3-12(22)23/h8-10H,2-7,17H2,1H3,(H,18,27)(H,19,21)(H,20,26)(H,22,23)(H,24,25)(H,28,29). The molecule has 0 fully saturated rings. The highest BCUT2D eigenvalue weighted by Gasteiger charge is 2.27. The molecule has 0 aromatic rings. The summed E-state index contributed by atoms with van der Waals surface area (Å²) >= 11 is 1.39. The van der Waals surface area contributed by atoms with Gasteiger partial charge < -0.3 is 37.0 Å². The molecule has 0 aliphatic rings. The van der Waals surface area contributed by atoms with Crippen molar-refractivity contribution in [3.63, 3.8) is 0 Å². The van der Waals surface area contributed by atoms with Crippen molar-refractivity contribution in [1.29, 1.82) is 0 Å². The van der Waals surface area contributed by atoms with Gasteiger partial charge in [0, 0.05) is 6.42 Å². The summed E-state index contributed by atoms with van der Waals surface area (Å²) in [7, 11) is 0. The van der Waals surface area contributed by atoms with Crippen LogP contribution in [0, 0.1) is 0 Å². The van der Waals surface area contributed by atoms with Gasteiger partial charge in [0.05, 0.1) is 19.0 Å². The molecule has 0 aliphatic carbocycles. The van der Waals surface area contributed by atoms with Crippen LogP contribution in [-0.2, 0) is 28.8 Å². The highest BCUT2D eigenvalue weighted by Crippen LogP contribution is 2.01. The van der Waals surface area contributed by atoms with Gasteiger partial charge in [-0.2, -0.15) is 11.8 Å². The molecule has 14 heteroatoms. The molecule has 30 heavy (non-hydrogen) atoms. The summed E-state index contributed by atoms with van der Waals surface area (Å²) in [5.41, 5.74) is 5.51. The van der Waals surface area contributed by atoms with E-state index in [0.717, 1.165) is 0 Å². The first-order chi connectivity index (χ1) is 14.0. The van der Waals surface area contributed by atoms with Crippen molar-refractivity contribution in [2.24, 2.45) is 5.73 Å². The van der Waals surface area contributed by atoms with Crippen LogP contribution in [0.2, 0.25) is 0 Å². The summed E-state index contributed by atoms with van der Waals surface area (Å²) in [6, 6.07) is -3.99. The van der Waals surface area contributed by atoms with Crippen LogP contribution < -0.4 is 21.7 Å². The number of aliphatic carboxylic acids is 3. The monoisotopic (exact) mass is 450 g/mol. The average Bonchev–Trinajstić information content (AvgIpc) is 2.65. The number of carbonyl (C=O) groups is 6. The van der Waals surface area contributed by atoms with Gasteiger partial charge in [0.1, 0.15) is 12.1 Å². The number of hydrogen-bond acceptors (Lipinski definition) is 8. The second-order valence-electron chi connectivity index (χ2n) is 6.16. The van der Waals surface area contributed by atoms with E-state index in [1.807, 2.05) is 0 Å². The quantitative estimate of drug-likeness (QED) is 0.139. The van der Waals surface area contributed by atoms with Gasteiger partial charge in [0.15, 0.2) is 0 Å². The Morgan fingerprint density at radius 1 is 0.900 bits per heavy atom. The number of carbonyl (C=O) groups excluding carboxylic acids is 3. The van der Waals surface area contributed by atoms with Gasteiger partial charge in [-0.05, 0) is 24.9 Å². The number of thioether (sulfide) groups is 1. The van der Waals surface area contributed by atoms with E-state index in [-0.39, 0.29) is 12.8 Å². The number of amides is 3. The van der Waals surface area contributed by atoms with Gasteiger partial charge in [0.2, 0.25) is 17.7 Å². The van der Waals surface area contributed by atoms with E-state index in [9.17, 15) is 28.8 Å². The number of nitrogens with two attached hydrogens (primary N) is 1. The molecule has 0 spiro atoms. The lowest BCUT2D eigenvalue weighted by atomic mass is 10.1. The fourth-order valence-corrected chi connectivity index (χ4v) is 2.57. The maximum absolute atomic E-state index is 12.2. The van der Waals surface area contributed by atoms with E-state index in [1.54, 1.807) is 6.26 Å². The van der Waals surface area contributed by atoms with E-state index < -0.39 is 73.1 Å². The molecule has 0 saturated heterocycles. The number of rotatable bonds is 15. The van der Waals surface area contributed by atoms with Crippen LogP contribution in [0.4, 0.5) is 0 Å². The Hall–Kier alpha value is -2.87. The van der Waals surface area contributed by atoms with E-state index in [1.165, 1.54) is 11.8 Å². The molecule has 3 unspecified atom stereocenters. The molecular formula is C16H26N4O9S. The maximum atomic E-state index is 12.2. The molecule has 3 atom stereocenters. The molecule has 0 aromatic carbocycles. The van der Waals surface area contributed by atoms with Crippen LogP contribution in [-0.4, -0.2) is 87.6 Å². The van der Waals surface area contributed by atoms with E-state index in [4.69, 9.17) is 21.1 Å². The van der Waals surface area contributed by atoms with E-state index >= 15 is 0 Å². The van der Waals surface area contributed by atoms with Crippen LogP contribution in [0.1, 0.15) is 25.7 Å². The predicted molar refractivity (Wildman–Crippen MR) is 105 cm³/mol. The zero-order valence-corrected chi connectivity index (χ0v) is 17.1. The zero-order chi connectivity index (χ0) is 23.3. The van der Waals surface area contributed by atoms with Gasteiger partial charge in [0.25, 0.3) is 0 Å². The zero-order valence-electron chi connectivity index (χ0n) is 16.3. The summed E-state index contributed by atoms with van der Waals surface area (Å²) < 4.78 is 0. The Bertz CT molecular complexity index is 659. The highest BCUT2D eigenvalue weighted by atomic mass is 32.2. The normalized spacial score (nSPS) is 13.4. The van der Waals surface area contributed by atoms with Crippen LogP contribution >= 0.6 is 11.8 Å². The Labute approximate surface area is 176 Å². The minimum absolute atomic E-state index is 0.169.